The summed E-state index contributed by atoms with van der Waals surface area (Å²) in [5.41, 5.74) is 1.47. The zero-order valence-corrected chi connectivity index (χ0v) is 13.5. The van der Waals surface area contributed by atoms with Crippen LogP contribution in [-0.4, -0.2) is 26.6 Å². The van der Waals surface area contributed by atoms with Crippen molar-refractivity contribution in [1.82, 2.24) is 20.0 Å². The maximum Gasteiger partial charge on any atom is 0.387 e. The summed E-state index contributed by atoms with van der Waals surface area (Å²) >= 11 is 3.38. The predicted molar refractivity (Wildman–Crippen MR) is 80.1 cm³/mol. The van der Waals surface area contributed by atoms with E-state index in [1.165, 1.54) is 12.1 Å². The van der Waals surface area contributed by atoms with E-state index in [0.29, 0.717) is 23.9 Å². The van der Waals surface area contributed by atoms with E-state index in [1.54, 1.807) is 16.8 Å². The Bertz CT molecular complexity index is 782. The summed E-state index contributed by atoms with van der Waals surface area (Å²) in [6.07, 6.45) is 1.82. The van der Waals surface area contributed by atoms with Crippen molar-refractivity contribution in [3.8, 4) is 17.2 Å². The van der Waals surface area contributed by atoms with Gasteiger partial charge in [-0.2, -0.15) is 13.9 Å². The Kier molecular flexibility index (Phi) is 4.37. The summed E-state index contributed by atoms with van der Waals surface area (Å²) in [6.45, 7) is -0.637. The molecule has 0 aliphatic rings. The van der Waals surface area contributed by atoms with E-state index < -0.39 is 6.61 Å². The fourth-order valence-electron chi connectivity index (χ4n) is 1.93. The lowest BCUT2D eigenvalue weighted by atomic mass is 10.2. The van der Waals surface area contributed by atoms with E-state index >= 15 is 0 Å². The van der Waals surface area contributed by atoms with Gasteiger partial charge in [0.2, 0.25) is 11.8 Å². The molecule has 9 heteroatoms. The van der Waals surface area contributed by atoms with Crippen molar-refractivity contribution in [3.05, 3.63) is 46.5 Å². The molecule has 2 aromatic heterocycles. The van der Waals surface area contributed by atoms with Crippen molar-refractivity contribution in [2.75, 3.05) is 0 Å². The van der Waals surface area contributed by atoms with Gasteiger partial charge in [0.25, 0.3) is 0 Å². The molecule has 0 saturated carbocycles. The molecular weight excluding hydrogens is 374 g/mol. The van der Waals surface area contributed by atoms with Crippen LogP contribution in [-0.2, 0) is 6.54 Å². The van der Waals surface area contributed by atoms with Gasteiger partial charge in [-0.15, -0.1) is 10.2 Å². The number of halogens is 3. The monoisotopic (exact) mass is 384 g/mol. The summed E-state index contributed by atoms with van der Waals surface area (Å²) in [4.78, 5) is 0. The van der Waals surface area contributed by atoms with Crippen molar-refractivity contribution < 1.29 is 17.9 Å². The summed E-state index contributed by atoms with van der Waals surface area (Å²) in [6, 6.07) is 5.98. The highest BCUT2D eigenvalue weighted by Crippen LogP contribution is 2.22. The highest BCUT2D eigenvalue weighted by molar-refractivity contribution is 9.10. The Morgan fingerprint density at radius 3 is 2.61 bits per heavy atom. The second-order valence-corrected chi connectivity index (χ2v) is 5.52. The summed E-state index contributed by atoms with van der Waals surface area (Å²) < 4.78 is 36.6. The lowest BCUT2D eigenvalue weighted by Crippen LogP contribution is -2.01. The molecule has 3 aromatic rings. The maximum atomic E-state index is 12.1. The van der Waals surface area contributed by atoms with E-state index in [9.17, 15) is 8.78 Å². The van der Waals surface area contributed by atoms with Crippen LogP contribution in [0.4, 0.5) is 8.78 Å². The van der Waals surface area contributed by atoms with Gasteiger partial charge < -0.3 is 9.15 Å². The van der Waals surface area contributed by atoms with Gasteiger partial charge in [0.1, 0.15) is 12.3 Å². The number of hydrogen-bond acceptors (Lipinski definition) is 5. The Morgan fingerprint density at radius 2 is 2.00 bits per heavy atom. The SMILES string of the molecule is Cc1nn(Cc2nnc(-c3ccc(OC(F)F)cc3)o2)cc1Br. The number of aryl methyl sites for hydroxylation is 1. The van der Waals surface area contributed by atoms with Crippen LogP contribution in [0, 0.1) is 6.92 Å². The molecule has 0 atom stereocenters. The molecule has 0 spiro atoms. The Hall–Kier alpha value is -2.29. The van der Waals surface area contributed by atoms with E-state index in [4.69, 9.17) is 4.42 Å². The smallest absolute Gasteiger partial charge is 0.387 e. The summed E-state index contributed by atoms with van der Waals surface area (Å²) in [5.74, 6) is 0.759. The fourth-order valence-corrected chi connectivity index (χ4v) is 2.24. The van der Waals surface area contributed by atoms with Crippen molar-refractivity contribution in [3.63, 3.8) is 0 Å². The third kappa shape index (κ3) is 3.73. The van der Waals surface area contributed by atoms with Crippen LogP contribution in [0.1, 0.15) is 11.6 Å². The minimum atomic E-state index is -2.85. The van der Waals surface area contributed by atoms with Crippen molar-refractivity contribution in [2.45, 2.75) is 20.1 Å². The molecule has 0 fully saturated rings. The number of ether oxygens (including phenoxy) is 1. The Morgan fingerprint density at radius 1 is 1.26 bits per heavy atom. The van der Waals surface area contributed by atoms with Gasteiger partial charge in [0.05, 0.1) is 10.2 Å². The number of rotatable bonds is 5. The molecule has 0 radical (unpaired) electrons. The van der Waals surface area contributed by atoms with Crippen LogP contribution in [0.5, 0.6) is 5.75 Å². The van der Waals surface area contributed by atoms with Gasteiger partial charge in [-0.1, -0.05) is 0 Å². The zero-order chi connectivity index (χ0) is 16.4. The maximum absolute atomic E-state index is 12.1. The Balaban J connectivity index is 1.73. The average Bonchev–Trinajstić information content (AvgIpc) is 3.07. The summed E-state index contributed by atoms with van der Waals surface area (Å²) in [7, 11) is 0. The summed E-state index contributed by atoms with van der Waals surface area (Å²) in [5, 5.41) is 12.2. The van der Waals surface area contributed by atoms with Gasteiger partial charge >= 0.3 is 6.61 Å². The predicted octanol–water partition coefficient (Wildman–Crippen LogP) is 3.65. The number of nitrogens with zero attached hydrogens (tertiary/aromatic N) is 4. The van der Waals surface area contributed by atoms with Crippen LogP contribution in [0.25, 0.3) is 11.5 Å². The molecule has 1 aromatic carbocycles. The normalized spacial score (nSPS) is 11.2. The van der Waals surface area contributed by atoms with E-state index in [2.05, 4.69) is 36.0 Å². The lowest BCUT2D eigenvalue weighted by molar-refractivity contribution is -0.0498. The molecule has 0 aliphatic heterocycles. The highest BCUT2D eigenvalue weighted by atomic mass is 79.9. The molecule has 120 valence electrons. The van der Waals surface area contributed by atoms with Crippen LogP contribution in [0.3, 0.4) is 0 Å². The second kappa shape index (κ2) is 6.45. The minimum absolute atomic E-state index is 0.0698. The Labute approximate surface area is 138 Å². The van der Waals surface area contributed by atoms with Gasteiger partial charge in [0, 0.05) is 11.8 Å². The topological polar surface area (TPSA) is 66.0 Å². The molecule has 6 nitrogen and oxygen atoms in total. The van der Waals surface area contributed by atoms with Gasteiger partial charge in [-0.3, -0.25) is 4.68 Å². The molecule has 0 saturated heterocycles. The first-order valence-corrected chi connectivity index (χ1v) is 7.38. The third-order valence-electron chi connectivity index (χ3n) is 2.98. The first kappa shape index (κ1) is 15.6. The van der Waals surface area contributed by atoms with E-state index in [0.717, 1.165) is 10.2 Å². The number of aromatic nitrogens is 4. The number of benzene rings is 1. The van der Waals surface area contributed by atoms with E-state index in [-0.39, 0.29) is 5.75 Å². The largest absolute Gasteiger partial charge is 0.435 e. The molecule has 0 N–H and O–H groups in total. The first-order valence-electron chi connectivity index (χ1n) is 6.58. The quantitative estimate of drug-likeness (QED) is 0.671. The molecule has 0 amide bonds. The van der Waals surface area contributed by atoms with Gasteiger partial charge in [-0.25, -0.2) is 0 Å². The average molecular weight is 385 g/mol. The lowest BCUT2D eigenvalue weighted by Gasteiger charge is -2.03. The molecule has 0 aliphatic carbocycles. The van der Waals surface area contributed by atoms with Crippen molar-refractivity contribution in [2.24, 2.45) is 0 Å². The zero-order valence-electron chi connectivity index (χ0n) is 11.9. The third-order valence-corrected chi connectivity index (χ3v) is 3.76. The molecule has 2 heterocycles. The second-order valence-electron chi connectivity index (χ2n) is 4.66. The van der Waals surface area contributed by atoms with E-state index in [1.807, 2.05) is 13.1 Å². The molecular formula is C14H11BrF2N4O2. The molecule has 0 bridgehead atoms. The van der Waals surface area contributed by atoms with Gasteiger partial charge in [-0.05, 0) is 47.1 Å². The molecule has 0 unspecified atom stereocenters. The van der Waals surface area contributed by atoms with Gasteiger partial charge in [0.15, 0.2) is 0 Å². The standard InChI is InChI=1S/C14H11BrF2N4O2/c1-8-11(15)6-21(20-8)7-12-18-19-13(23-12)9-2-4-10(5-3-9)22-14(16)17/h2-6,14H,7H2,1H3. The van der Waals surface area contributed by atoms with Crippen molar-refractivity contribution >= 4 is 15.9 Å². The van der Waals surface area contributed by atoms with Crippen LogP contribution in [0.2, 0.25) is 0 Å². The van der Waals surface area contributed by atoms with Crippen molar-refractivity contribution in [1.29, 1.82) is 0 Å². The number of alkyl halides is 2. The number of hydrogen-bond donors (Lipinski definition) is 0. The first-order chi connectivity index (χ1) is 11.0. The fraction of sp³-hybridized carbons (Fsp3) is 0.214. The highest BCUT2D eigenvalue weighted by Gasteiger charge is 2.11. The molecule has 3 rings (SSSR count). The van der Waals surface area contributed by atoms with Crippen LogP contribution >= 0.6 is 15.9 Å². The van der Waals surface area contributed by atoms with Crippen LogP contribution in [0.15, 0.2) is 39.4 Å². The molecule has 23 heavy (non-hydrogen) atoms. The minimum Gasteiger partial charge on any atom is -0.435 e. The van der Waals surface area contributed by atoms with Crippen LogP contribution < -0.4 is 4.74 Å².